The maximum Gasteiger partial charge on any atom is 0.410 e. The molecule has 1 amide bonds. The Hall–Kier alpha value is -1.06. The summed E-state index contributed by atoms with van der Waals surface area (Å²) in [5.74, 6) is 0.958. The van der Waals surface area contributed by atoms with Gasteiger partial charge in [-0.15, -0.1) is 0 Å². The van der Waals surface area contributed by atoms with Crippen LogP contribution in [0.1, 0.15) is 60.3 Å². The Morgan fingerprint density at radius 2 is 2.05 bits per heavy atom. The van der Waals surface area contributed by atoms with Crippen LogP contribution in [0.25, 0.3) is 0 Å². The fourth-order valence-corrected chi connectivity index (χ4v) is 2.43. The van der Waals surface area contributed by atoms with E-state index in [1.165, 1.54) is 0 Å². The van der Waals surface area contributed by atoms with Crippen molar-refractivity contribution in [2.45, 2.75) is 65.9 Å². The van der Waals surface area contributed by atoms with Crippen molar-refractivity contribution in [1.29, 1.82) is 0 Å². The molecule has 1 rings (SSSR count). The molecule has 1 fully saturated rings. The van der Waals surface area contributed by atoms with E-state index in [0.717, 1.165) is 19.3 Å². The molecular formula is C16H29NO3. The second-order valence-corrected chi connectivity index (χ2v) is 7.16. The molecule has 0 spiro atoms. The first-order chi connectivity index (χ1) is 9.19. The van der Waals surface area contributed by atoms with E-state index in [4.69, 9.17) is 4.74 Å². The fourth-order valence-electron chi connectivity index (χ4n) is 2.43. The van der Waals surface area contributed by atoms with Gasteiger partial charge in [-0.25, -0.2) is 4.79 Å². The number of hydrogen-bond donors (Lipinski definition) is 0. The number of carbonyl (C=O) groups excluding carboxylic acids is 2. The van der Waals surface area contributed by atoms with E-state index >= 15 is 0 Å². The summed E-state index contributed by atoms with van der Waals surface area (Å²) < 4.78 is 5.38. The van der Waals surface area contributed by atoms with Crippen molar-refractivity contribution in [3.05, 3.63) is 0 Å². The van der Waals surface area contributed by atoms with Crippen LogP contribution in [0.3, 0.4) is 0 Å². The molecule has 1 heterocycles. The molecule has 0 aromatic heterocycles. The molecule has 1 aliphatic heterocycles. The van der Waals surface area contributed by atoms with Gasteiger partial charge < -0.3 is 9.64 Å². The highest BCUT2D eigenvalue weighted by molar-refractivity contribution is 5.84. The molecule has 1 saturated heterocycles. The standard InChI is InChI=1S/C16H29NO3/c1-12(2)7-6-8-13-11-17(10-9-14(13)18)15(19)20-16(3,4)5/h12-13H,6-11H2,1-5H3. The summed E-state index contributed by atoms with van der Waals surface area (Å²) >= 11 is 0. The number of hydrogen-bond acceptors (Lipinski definition) is 3. The molecule has 4 nitrogen and oxygen atoms in total. The van der Waals surface area contributed by atoms with E-state index in [2.05, 4.69) is 13.8 Å². The first kappa shape index (κ1) is 17.0. The van der Waals surface area contributed by atoms with E-state index in [0.29, 0.717) is 31.2 Å². The Bertz CT molecular complexity index is 344. The molecule has 0 saturated carbocycles. The second kappa shape index (κ2) is 7.09. The first-order valence-corrected chi connectivity index (χ1v) is 7.69. The van der Waals surface area contributed by atoms with Crippen molar-refractivity contribution >= 4 is 11.9 Å². The van der Waals surface area contributed by atoms with Crippen LogP contribution in [0, 0.1) is 11.8 Å². The van der Waals surface area contributed by atoms with Gasteiger partial charge in [-0.1, -0.05) is 26.7 Å². The van der Waals surface area contributed by atoms with E-state index in [1.54, 1.807) is 4.90 Å². The smallest absolute Gasteiger partial charge is 0.410 e. The first-order valence-electron chi connectivity index (χ1n) is 7.69. The van der Waals surface area contributed by atoms with Crippen LogP contribution in [0.2, 0.25) is 0 Å². The summed E-state index contributed by atoms with van der Waals surface area (Å²) in [5.41, 5.74) is -0.480. The number of rotatable bonds is 4. The van der Waals surface area contributed by atoms with Crippen LogP contribution in [-0.4, -0.2) is 35.5 Å². The van der Waals surface area contributed by atoms with Gasteiger partial charge >= 0.3 is 6.09 Å². The van der Waals surface area contributed by atoms with E-state index in [-0.39, 0.29) is 12.0 Å². The zero-order valence-corrected chi connectivity index (χ0v) is 13.6. The predicted molar refractivity (Wildman–Crippen MR) is 79.6 cm³/mol. The zero-order chi connectivity index (χ0) is 15.3. The Morgan fingerprint density at radius 3 is 2.60 bits per heavy atom. The van der Waals surface area contributed by atoms with Crippen LogP contribution in [0.15, 0.2) is 0 Å². The zero-order valence-electron chi connectivity index (χ0n) is 13.6. The van der Waals surface area contributed by atoms with Crippen LogP contribution in [0.4, 0.5) is 4.79 Å². The number of piperidine rings is 1. The lowest BCUT2D eigenvalue weighted by molar-refractivity contribution is -0.126. The largest absolute Gasteiger partial charge is 0.444 e. The number of ether oxygens (including phenoxy) is 1. The van der Waals surface area contributed by atoms with Crippen molar-refractivity contribution in [2.75, 3.05) is 13.1 Å². The van der Waals surface area contributed by atoms with Gasteiger partial charge in [0.05, 0.1) is 0 Å². The average Bonchev–Trinajstić information content (AvgIpc) is 2.28. The van der Waals surface area contributed by atoms with Gasteiger partial charge in [0.1, 0.15) is 11.4 Å². The van der Waals surface area contributed by atoms with Crippen LogP contribution in [-0.2, 0) is 9.53 Å². The third-order valence-corrected chi connectivity index (χ3v) is 3.51. The topological polar surface area (TPSA) is 46.6 Å². The highest BCUT2D eigenvalue weighted by Crippen LogP contribution is 2.22. The lowest BCUT2D eigenvalue weighted by Crippen LogP contribution is -2.46. The minimum atomic E-state index is -0.480. The number of Topliss-reactive ketones (excluding diaryl/α,β-unsaturated/α-hetero) is 1. The quantitative estimate of drug-likeness (QED) is 0.791. The highest BCUT2D eigenvalue weighted by atomic mass is 16.6. The van der Waals surface area contributed by atoms with E-state index in [1.807, 2.05) is 20.8 Å². The SMILES string of the molecule is CC(C)CCCC1CN(C(=O)OC(C)(C)C)CCC1=O. The Labute approximate surface area is 122 Å². The van der Waals surface area contributed by atoms with Crippen molar-refractivity contribution in [1.82, 2.24) is 4.90 Å². The molecule has 4 heteroatoms. The summed E-state index contributed by atoms with van der Waals surface area (Å²) in [7, 11) is 0. The van der Waals surface area contributed by atoms with Crippen molar-refractivity contribution in [2.24, 2.45) is 11.8 Å². The van der Waals surface area contributed by atoms with Gasteiger partial charge in [0.15, 0.2) is 0 Å². The molecule has 1 unspecified atom stereocenters. The molecule has 0 aromatic carbocycles. The van der Waals surface area contributed by atoms with Gasteiger partial charge in [-0.2, -0.15) is 0 Å². The van der Waals surface area contributed by atoms with Gasteiger partial charge in [-0.3, -0.25) is 4.79 Å². The minimum Gasteiger partial charge on any atom is -0.444 e. The van der Waals surface area contributed by atoms with Gasteiger partial charge in [0, 0.05) is 25.4 Å². The summed E-state index contributed by atoms with van der Waals surface area (Å²) in [6.07, 6.45) is 3.24. The number of nitrogens with zero attached hydrogens (tertiary/aromatic N) is 1. The normalized spacial score (nSPS) is 20.4. The molecule has 1 aliphatic rings. The lowest BCUT2D eigenvalue weighted by Gasteiger charge is -2.33. The third kappa shape index (κ3) is 5.93. The number of ketones is 1. The summed E-state index contributed by atoms with van der Waals surface area (Å²) in [6, 6.07) is 0. The highest BCUT2D eigenvalue weighted by Gasteiger charge is 2.31. The van der Waals surface area contributed by atoms with Crippen molar-refractivity contribution in [3.63, 3.8) is 0 Å². The van der Waals surface area contributed by atoms with Gasteiger partial charge in [-0.05, 0) is 33.1 Å². The second-order valence-electron chi connectivity index (χ2n) is 7.16. The number of carbonyl (C=O) groups is 2. The number of amides is 1. The molecule has 0 radical (unpaired) electrons. The number of likely N-dealkylation sites (tertiary alicyclic amines) is 1. The van der Waals surface area contributed by atoms with Crippen LogP contribution < -0.4 is 0 Å². The monoisotopic (exact) mass is 283 g/mol. The molecule has 0 aliphatic carbocycles. The molecular weight excluding hydrogens is 254 g/mol. The Balaban J connectivity index is 2.48. The van der Waals surface area contributed by atoms with Crippen molar-refractivity contribution < 1.29 is 14.3 Å². The molecule has 20 heavy (non-hydrogen) atoms. The predicted octanol–water partition coefficient (Wildman–Crippen LogP) is 3.64. The van der Waals surface area contributed by atoms with Crippen molar-refractivity contribution in [3.8, 4) is 0 Å². The fraction of sp³-hybridized carbons (Fsp3) is 0.875. The summed E-state index contributed by atoms with van der Waals surface area (Å²) in [6.45, 7) is 11.0. The maximum atomic E-state index is 12.0. The van der Waals surface area contributed by atoms with E-state index in [9.17, 15) is 9.59 Å². The van der Waals surface area contributed by atoms with Gasteiger partial charge in [0.25, 0.3) is 0 Å². The Morgan fingerprint density at radius 1 is 1.40 bits per heavy atom. The average molecular weight is 283 g/mol. The summed E-state index contributed by atoms with van der Waals surface area (Å²) in [5, 5.41) is 0. The van der Waals surface area contributed by atoms with E-state index < -0.39 is 5.60 Å². The minimum absolute atomic E-state index is 0.00461. The molecule has 0 aromatic rings. The Kier molecular flexibility index (Phi) is 6.03. The van der Waals surface area contributed by atoms with Crippen LogP contribution in [0.5, 0.6) is 0 Å². The maximum absolute atomic E-state index is 12.0. The third-order valence-electron chi connectivity index (χ3n) is 3.51. The molecule has 116 valence electrons. The van der Waals surface area contributed by atoms with Crippen LogP contribution >= 0.6 is 0 Å². The molecule has 0 N–H and O–H groups in total. The van der Waals surface area contributed by atoms with Gasteiger partial charge in [0.2, 0.25) is 0 Å². The molecule has 0 bridgehead atoms. The lowest BCUT2D eigenvalue weighted by atomic mass is 9.90. The molecule has 1 atom stereocenters. The summed E-state index contributed by atoms with van der Waals surface area (Å²) in [4.78, 5) is 25.7.